The number of halogens is 2. The molecule has 2 nitrogen and oxygen atoms in total. The Kier molecular flexibility index (Phi) is 5.70. The van der Waals surface area contributed by atoms with Gasteiger partial charge >= 0.3 is 0 Å². The smallest absolute Gasteiger partial charge is 0.129 e. The van der Waals surface area contributed by atoms with Gasteiger partial charge in [0, 0.05) is 16.3 Å². The third-order valence-corrected chi connectivity index (χ3v) is 4.27. The highest BCUT2D eigenvalue weighted by Gasteiger charge is 2.17. The molecule has 0 spiro atoms. The lowest BCUT2D eigenvalue weighted by Gasteiger charge is -2.17. The zero-order chi connectivity index (χ0) is 15.2. The van der Waals surface area contributed by atoms with E-state index < -0.39 is 5.82 Å². The monoisotopic (exact) mass is 311 g/mol. The van der Waals surface area contributed by atoms with Crippen LogP contribution in [0.25, 0.3) is 0 Å². The summed E-state index contributed by atoms with van der Waals surface area (Å²) in [4.78, 5) is 1.06. The predicted molar refractivity (Wildman–Crippen MR) is 82.0 cm³/mol. The Labute approximate surface area is 127 Å². The summed E-state index contributed by atoms with van der Waals surface area (Å²) in [5, 5.41) is 5.30. The molecule has 21 heavy (non-hydrogen) atoms. The predicted octanol–water partition coefficient (Wildman–Crippen LogP) is 4.32. The molecule has 1 aromatic carbocycles. The molecule has 0 fully saturated rings. The summed E-state index contributed by atoms with van der Waals surface area (Å²) in [6.07, 6.45) is 1.39. The second-order valence-electron chi connectivity index (χ2n) is 4.84. The van der Waals surface area contributed by atoms with E-state index in [9.17, 15) is 8.78 Å². The fraction of sp³-hybridized carbons (Fsp3) is 0.375. The van der Waals surface area contributed by atoms with Crippen molar-refractivity contribution in [2.24, 2.45) is 0 Å². The molecule has 2 aromatic rings. The van der Waals surface area contributed by atoms with Crippen LogP contribution in [0.1, 0.15) is 29.8 Å². The van der Waals surface area contributed by atoms with Crippen LogP contribution in [0.5, 0.6) is 5.75 Å². The second kappa shape index (κ2) is 7.52. The summed E-state index contributed by atoms with van der Waals surface area (Å²) >= 11 is 1.56. The fourth-order valence-corrected chi connectivity index (χ4v) is 3.07. The Bertz CT molecular complexity index is 585. The summed E-state index contributed by atoms with van der Waals surface area (Å²) in [6, 6.07) is 5.48. The number of benzene rings is 1. The summed E-state index contributed by atoms with van der Waals surface area (Å²) in [6.45, 7) is 2.89. The maximum Gasteiger partial charge on any atom is 0.129 e. The Balaban J connectivity index is 2.21. The summed E-state index contributed by atoms with van der Waals surface area (Å²) in [5.74, 6) is 0.00522. The summed E-state index contributed by atoms with van der Waals surface area (Å²) < 4.78 is 32.3. The van der Waals surface area contributed by atoms with Gasteiger partial charge in [-0.2, -0.15) is 0 Å². The van der Waals surface area contributed by atoms with Gasteiger partial charge in [0.25, 0.3) is 0 Å². The molecule has 0 radical (unpaired) electrons. The minimum atomic E-state index is -0.413. The van der Waals surface area contributed by atoms with Crippen LogP contribution < -0.4 is 10.1 Å². The molecular weight excluding hydrogens is 292 g/mol. The molecule has 0 aliphatic carbocycles. The van der Waals surface area contributed by atoms with E-state index >= 15 is 0 Å². The van der Waals surface area contributed by atoms with E-state index in [0.717, 1.165) is 29.7 Å². The van der Waals surface area contributed by atoms with Crippen molar-refractivity contribution in [2.45, 2.75) is 25.8 Å². The standard InChI is InChI=1S/C16H19F2NOS/c1-3-6-19-15(16-9-13(20-2)10-21-16)8-11-7-12(17)4-5-14(11)18/h4-5,7,9-10,15,19H,3,6,8H2,1-2H3. The average Bonchev–Trinajstić information content (AvgIpc) is 2.95. The van der Waals surface area contributed by atoms with Crippen molar-refractivity contribution in [1.29, 1.82) is 0 Å². The van der Waals surface area contributed by atoms with E-state index in [0.29, 0.717) is 12.0 Å². The molecule has 1 aromatic heterocycles. The maximum absolute atomic E-state index is 13.8. The molecule has 1 atom stereocenters. The van der Waals surface area contributed by atoms with E-state index in [1.807, 2.05) is 11.4 Å². The number of hydrogen-bond donors (Lipinski definition) is 1. The van der Waals surface area contributed by atoms with E-state index in [4.69, 9.17) is 4.74 Å². The zero-order valence-corrected chi connectivity index (χ0v) is 13.0. The van der Waals surface area contributed by atoms with Crippen LogP contribution in [0.2, 0.25) is 0 Å². The number of hydrogen-bond acceptors (Lipinski definition) is 3. The van der Waals surface area contributed by atoms with Crippen molar-refractivity contribution in [2.75, 3.05) is 13.7 Å². The SMILES string of the molecule is CCCNC(Cc1cc(F)ccc1F)c1cc(OC)cs1. The summed E-state index contributed by atoms with van der Waals surface area (Å²) in [5.41, 5.74) is 0.385. The number of nitrogens with one attached hydrogen (secondary N) is 1. The minimum Gasteiger partial charge on any atom is -0.496 e. The van der Waals surface area contributed by atoms with Gasteiger partial charge in [-0.15, -0.1) is 11.3 Å². The molecule has 2 rings (SSSR count). The van der Waals surface area contributed by atoms with Gasteiger partial charge in [-0.25, -0.2) is 8.78 Å². The molecule has 0 bridgehead atoms. The Morgan fingerprint density at radius 1 is 1.29 bits per heavy atom. The number of thiophene rings is 1. The van der Waals surface area contributed by atoms with Crippen LogP contribution in [0.3, 0.4) is 0 Å². The maximum atomic E-state index is 13.8. The minimum absolute atomic E-state index is 0.0462. The van der Waals surface area contributed by atoms with Gasteiger partial charge in [-0.1, -0.05) is 6.92 Å². The van der Waals surface area contributed by atoms with Gasteiger partial charge in [-0.3, -0.25) is 0 Å². The highest BCUT2D eigenvalue weighted by molar-refractivity contribution is 7.10. The highest BCUT2D eigenvalue weighted by Crippen LogP contribution is 2.29. The van der Waals surface area contributed by atoms with Gasteiger partial charge in [-0.05, 0) is 49.2 Å². The highest BCUT2D eigenvalue weighted by atomic mass is 32.1. The van der Waals surface area contributed by atoms with Crippen molar-refractivity contribution < 1.29 is 13.5 Å². The number of rotatable bonds is 7. The topological polar surface area (TPSA) is 21.3 Å². The lowest BCUT2D eigenvalue weighted by Crippen LogP contribution is -2.23. The number of methoxy groups -OCH3 is 1. The molecule has 0 aliphatic heterocycles. The van der Waals surface area contributed by atoms with Crippen LogP contribution in [0.15, 0.2) is 29.6 Å². The molecule has 0 saturated carbocycles. The first kappa shape index (κ1) is 15.9. The molecular formula is C16H19F2NOS. The molecule has 1 N–H and O–H groups in total. The zero-order valence-electron chi connectivity index (χ0n) is 12.2. The van der Waals surface area contributed by atoms with Crippen LogP contribution in [-0.4, -0.2) is 13.7 Å². The first-order valence-electron chi connectivity index (χ1n) is 6.93. The van der Waals surface area contributed by atoms with E-state index in [1.165, 1.54) is 12.1 Å². The summed E-state index contributed by atoms with van der Waals surface area (Å²) in [7, 11) is 1.62. The van der Waals surface area contributed by atoms with Gasteiger partial charge in [0.2, 0.25) is 0 Å². The third-order valence-electron chi connectivity index (χ3n) is 3.25. The molecule has 0 amide bonds. The molecule has 5 heteroatoms. The lowest BCUT2D eigenvalue weighted by molar-refractivity contribution is 0.415. The normalized spacial score (nSPS) is 12.4. The fourth-order valence-electron chi connectivity index (χ4n) is 2.14. The molecule has 1 heterocycles. The Morgan fingerprint density at radius 3 is 2.76 bits per heavy atom. The third kappa shape index (κ3) is 4.25. The molecule has 1 unspecified atom stereocenters. The van der Waals surface area contributed by atoms with Crippen LogP contribution in [0.4, 0.5) is 8.78 Å². The average molecular weight is 311 g/mol. The van der Waals surface area contributed by atoms with Crippen molar-refractivity contribution in [1.82, 2.24) is 5.32 Å². The van der Waals surface area contributed by atoms with Gasteiger partial charge < -0.3 is 10.1 Å². The lowest BCUT2D eigenvalue weighted by atomic mass is 10.0. The first-order valence-corrected chi connectivity index (χ1v) is 7.81. The van der Waals surface area contributed by atoms with Gasteiger partial charge in [0.05, 0.1) is 7.11 Å². The van der Waals surface area contributed by atoms with Gasteiger partial charge in [0.1, 0.15) is 17.4 Å². The molecule has 114 valence electrons. The van der Waals surface area contributed by atoms with Crippen molar-refractivity contribution in [3.05, 3.63) is 51.7 Å². The van der Waals surface area contributed by atoms with E-state index in [2.05, 4.69) is 12.2 Å². The molecule has 0 aliphatic rings. The Morgan fingerprint density at radius 2 is 2.10 bits per heavy atom. The van der Waals surface area contributed by atoms with Gasteiger partial charge in [0.15, 0.2) is 0 Å². The van der Waals surface area contributed by atoms with Crippen molar-refractivity contribution >= 4 is 11.3 Å². The quantitative estimate of drug-likeness (QED) is 0.822. The largest absolute Gasteiger partial charge is 0.496 e. The first-order chi connectivity index (χ1) is 10.1. The van der Waals surface area contributed by atoms with E-state index in [-0.39, 0.29) is 11.9 Å². The second-order valence-corrected chi connectivity index (χ2v) is 5.78. The van der Waals surface area contributed by atoms with Crippen LogP contribution >= 0.6 is 11.3 Å². The van der Waals surface area contributed by atoms with E-state index in [1.54, 1.807) is 18.4 Å². The van der Waals surface area contributed by atoms with Crippen molar-refractivity contribution in [3.8, 4) is 5.75 Å². The van der Waals surface area contributed by atoms with Crippen LogP contribution in [-0.2, 0) is 6.42 Å². The molecule has 0 saturated heterocycles. The number of ether oxygens (including phenoxy) is 1. The Hall–Kier alpha value is -1.46. The van der Waals surface area contributed by atoms with Crippen molar-refractivity contribution in [3.63, 3.8) is 0 Å². The van der Waals surface area contributed by atoms with Crippen LogP contribution in [0, 0.1) is 11.6 Å².